The van der Waals surface area contributed by atoms with Gasteiger partial charge in [-0.05, 0) is 38.5 Å². The Labute approximate surface area is 103 Å². The van der Waals surface area contributed by atoms with Crippen molar-refractivity contribution in [2.45, 2.75) is 63.4 Å². The number of hydrogen-bond acceptors (Lipinski definition) is 2. The lowest BCUT2D eigenvalue weighted by molar-refractivity contribution is -0.235. The summed E-state index contributed by atoms with van der Waals surface area (Å²) in [6.45, 7) is 4.02. The Morgan fingerprint density at radius 1 is 1.06 bits per heavy atom. The monoisotopic (exact) mass is 234 g/mol. The van der Waals surface area contributed by atoms with Crippen molar-refractivity contribution in [3.05, 3.63) is 12.7 Å². The van der Waals surface area contributed by atoms with Gasteiger partial charge in [-0.2, -0.15) is 0 Å². The van der Waals surface area contributed by atoms with Crippen molar-refractivity contribution >= 4 is 5.97 Å². The van der Waals surface area contributed by atoms with Crippen LogP contribution in [0.25, 0.3) is 0 Å². The van der Waals surface area contributed by atoms with Crippen molar-refractivity contribution in [3.63, 3.8) is 0 Å². The molecule has 3 rings (SSSR count). The molecule has 3 aliphatic rings. The van der Waals surface area contributed by atoms with Gasteiger partial charge in [0.25, 0.3) is 0 Å². The van der Waals surface area contributed by atoms with Crippen LogP contribution in [0.5, 0.6) is 0 Å². The molecular weight excluding hydrogens is 212 g/mol. The molecule has 0 amide bonds. The zero-order valence-corrected chi connectivity index (χ0v) is 10.5. The van der Waals surface area contributed by atoms with Crippen LogP contribution in [0.1, 0.15) is 57.8 Å². The Morgan fingerprint density at radius 2 is 1.65 bits per heavy atom. The first-order chi connectivity index (χ1) is 8.22. The van der Waals surface area contributed by atoms with Gasteiger partial charge in [0.2, 0.25) is 0 Å². The first-order valence-corrected chi connectivity index (χ1v) is 7.09. The maximum Gasteiger partial charge on any atom is 0.314 e. The molecule has 2 saturated carbocycles. The van der Waals surface area contributed by atoms with E-state index in [1.54, 1.807) is 0 Å². The van der Waals surface area contributed by atoms with Gasteiger partial charge in [0, 0.05) is 5.41 Å². The predicted molar refractivity (Wildman–Crippen MR) is 66.5 cm³/mol. The van der Waals surface area contributed by atoms with Gasteiger partial charge in [0.05, 0.1) is 0 Å². The predicted octanol–water partition coefficient (Wildman–Crippen LogP) is 3.61. The molecule has 0 bridgehead atoms. The molecule has 1 heterocycles. The van der Waals surface area contributed by atoms with Gasteiger partial charge >= 0.3 is 5.97 Å². The molecule has 0 radical (unpaired) electrons. The molecule has 0 aromatic rings. The maximum absolute atomic E-state index is 12.0. The summed E-state index contributed by atoms with van der Waals surface area (Å²) in [5.41, 5.74) is -0.0411. The lowest BCUT2D eigenvalue weighted by Gasteiger charge is -2.55. The maximum atomic E-state index is 12.0. The van der Waals surface area contributed by atoms with Crippen LogP contribution in [0, 0.1) is 11.3 Å². The molecule has 0 aromatic heterocycles. The fourth-order valence-corrected chi connectivity index (χ4v) is 4.42. The molecule has 1 unspecified atom stereocenters. The molecular formula is C15H22O2. The van der Waals surface area contributed by atoms with Crippen LogP contribution in [0.2, 0.25) is 0 Å². The lowest BCUT2D eigenvalue weighted by Crippen LogP contribution is -2.63. The van der Waals surface area contributed by atoms with E-state index in [0.29, 0.717) is 0 Å². The van der Waals surface area contributed by atoms with Crippen LogP contribution in [0.4, 0.5) is 0 Å². The van der Waals surface area contributed by atoms with Crippen molar-refractivity contribution in [3.8, 4) is 0 Å². The number of esters is 1. The second-order valence-electron chi connectivity index (χ2n) is 6.12. The minimum atomic E-state index is -0.103. The summed E-state index contributed by atoms with van der Waals surface area (Å²) < 4.78 is 5.63. The molecule has 1 spiro atoms. The van der Waals surface area contributed by atoms with Crippen LogP contribution in [-0.4, -0.2) is 11.6 Å². The molecule has 3 fully saturated rings. The van der Waals surface area contributed by atoms with Crippen LogP contribution in [0.3, 0.4) is 0 Å². The second-order valence-corrected chi connectivity index (χ2v) is 6.12. The summed E-state index contributed by atoms with van der Waals surface area (Å²) in [5, 5.41) is 0. The fourth-order valence-electron chi connectivity index (χ4n) is 4.42. The number of ether oxygens (including phenoxy) is 1. The number of carbonyl (C=O) groups excluding carboxylic acids is 1. The number of hydrogen-bond donors (Lipinski definition) is 0. The molecule has 1 saturated heterocycles. The Kier molecular flexibility index (Phi) is 2.57. The number of allylic oxidation sites excluding steroid dienone is 1. The molecule has 2 nitrogen and oxygen atoms in total. The summed E-state index contributed by atoms with van der Waals surface area (Å²) in [5.74, 6) is 0.170. The third-order valence-corrected chi connectivity index (χ3v) is 5.28. The fraction of sp³-hybridized carbons (Fsp3) is 0.800. The van der Waals surface area contributed by atoms with Gasteiger partial charge in [-0.3, -0.25) is 4.79 Å². The molecule has 17 heavy (non-hydrogen) atoms. The lowest BCUT2D eigenvalue weighted by atomic mass is 9.59. The average molecular weight is 234 g/mol. The zero-order valence-electron chi connectivity index (χ0n) is 10.5. The van der Waals surface area contributed by atoms with Crippen LogP contribution in [0.15, 0.2) is 12.7 Å². The minimum absolute atomic E-state index is 0.0497. The van der Waals surface area contributed by atoms with Crippen molar-refractivity contribution in [2.24, 2.45) is 11.3 Å². The molecule has 2 aliphatic carbocycles. The highest BCUT2D eigenvalue weighted by molar-refractivity contribution is 5.82. The van der Waals surface area contributed by atoms with Crippen molar-refractivity contribution in [1.29, 1.82) is 0 Å². The first-order valence-electron chi connectivity index (χ1n) is 7.09. The van der Waals surface area contributed by atoms with E-state index < -0.39 is 0 Å². The van der Waals surface area contributed by atoms with Crippen molar-refractivity contribution < 1.29 is 9.53 Å². The van der Waals surface area contributed by atoms with Gasteiger partial charge < -0.3 is 4.74 Å². The highest BCUT2D eigenvalue weighted by Crippen LogP contribution is 2.58. The smallest absolute Gasteiger partial charge is 0.314 e. The van der Waals surface area contributed by atoms with Crippen LogP contribution in [-0.2, 0) is 9.53 Å². The summed E-state index contributed by atoms with van der Waals surface area (Å²) >= 11 is 0. The normalized spacial score (nSPS) is 34.1. The largest absolute Gasteiger partial charge is 0.458 e. The van der Waals surface area contributed by atoms with E-state index in [2.05, 4.69) is 12.7 Å². The Hall–Kier alpha value is -0.790. The van der Waals surface area contributed by atoms with Crippen LogP contribution < -0.4 is 0 Å². The summed E-state index contributed by atoms with van der Waals surface area (Å²) in [7, 11) is 0. The Bertz CT molecular complexity index is 333. The first kappa shape index (κ1) is 11.3. The van der Waals surface area contributed by atoms with E-state index in [9.17, 15) is 4.79 Å². The molecule has 2 heteroatoms. The molecule has 1 atom stereocenters. The van der Waals surface area contributed by atoms with Crippen molar-refractivity contribution in [2.75, 3.05) is 0 Å². The van der Waals surface area contributed by atoms with E-state index in [-0.39, 0.29) is 22.9 Å². The molecule has 0 N–H and O–H groups in total. The quantitative estimate of drug-likeness (QED) is 0.539. The summed E-state index contributed by atoms with van der Waals surface area (Å²) in [6, 6.07) is 0. The average Bonchev–Trinajstić information content (AvgIpc) is 2.79. The van der Waals surface area contributed by atoms with Gasteiger partial charge in [0.15, 0.2) is 0 Å². The highest BCUT2D eigenvalue weighted by Gasteiger charge is 2.64. The van der Waals surface area contributed by atoms with Gasteiger partial charge in [-0.15, -0.1) is 6.58 Å². The van der Waals surface area contributed by atoms with Gasteiger partial charge in [-0.1, -0.05) is 25.3 Å². The minimum Gasteiger partial charge on any atom is -0.458 e. The third-order valence-electron chi connectivity index (χ3n) is 5.28. The standard InChI is InChI=1S/C15H22O2/c1-2-14(8-6-7-9-14)12-13(16)17-15(12)10-4-3-5-11-15/h2,12H,1,3-11H2. The van der Waals surface area contributed by atoms with Gasteiger partial charge in [0.1, 0.15) is 11.5 Å². The van der Waals surface area contributed by atoms with Crippen molar-refractivity contribution in [1.82, 2.24) is 0 Å². The SMILES string of the molecule is C=CC1(C2C(=O)OC23CCCCC3)CCCC1. The number of rotatable bonds is 2. The van der Waals surface area contributed by atoms with Gasteiger partial charge in [-0.25, -0.2) is 0 Å². The Morgan fingerprint density at radius 3 is 2.18 bits per heavy atom. The van der Waals surface area contributed by atoms with E-state index in [1.807, 2.05) is 0 Å². The molecule has 1 aliphatic heterocycles. The number of carbonyl (C=O) groups is 1. The summed E-state index contributed by atoms with van der Waals surface area (Å²) in [4.78, 5) is 12.0. The summed E-state index contributed by atoms with van der Waals surface area (Å²) in [6.07, 6.45) is 12.7. The topological polar surface area (TPSA) is 26.3 Å². The molecule has 0 aromatic carbocycles. The van der Waals surface area contributed by atoms with E-state index >= 15 is 0 Å². The van der Waals surface area contributed by atoms with E-state index in [1.165, 1.54) is 32.1 Å². The third kappa shape index (κ3) is 1.49. The zero-order chi connectivity index (χ0) is 11.9. The van der Waals surface area contributed by atoms with E-state index in [0.717, 1.165) is 25.7 Å². The van der Waals surface area contributed by atoms with E-state index in [4.69, 9.17) is 4.74 Å². The molecule has 94 valence electrons. The second kappa shape index (κ2) is 3.86. The Balaban J connectivity index is 1.89. The van der Waals surface area contributed by atoms with Crippen LogP contribution >= 0.6 is 0 Å². The highest BCUT2D eigenvalue weighted by atomic mass is 16.6.